The molecule has 31 heavy (non-hydrogen) atoms. The Morgan fingerprint density at radius 1 is 1.45 bits per heavy atom. The summed E-state index contributed by atoms with van der Waals surface area (Å²) < 4.78 is 37.1. The standard InChI is InChI=1S/C20H22FN3O6S/c1-19(17(26)22-28,31(2,29)30)7-8-23-12-16-9-14(11-24(16)18(23)27)5-3-4-6-15-10-20(15,21)13-25/h9,11,15,25,28H,7-8,10,12-13H2,1-2H3,(H,22,26)/t15-,19+,20-/m0/s1. The van der Waals surface area contributed by atoms with Crippen molar-refractivity contribution in [3.8, 4) is 23.7 Å². The average Bonchev–Trinajstić information content (AvgIpc) is 3.05. The van der Waals surface area contributed by atoms with Crippen molar-refractivity contribution in [3.63, 3.8) is 0 Å². The summed E-state index contributed by atoms with van der Waals surface area (Å²) in [6, 6.07) is 1.30. The lowest BCUT2D eigenvalue weighted by atomic mass is 10.1. The SMILES string of the molecule is C[C@@](CCN1Cc2cc(C#CC#C[C@H]3C[C@]3(F)CO)cn2C1=O)(C(=O)NO)S(C)(=O)=O. The zero-order valence-corrected chi connectivity index (χ0v) is 17.8. The molecule has 0 radical (unpaired) electrons. The van der Waals surface area contributed by atoms with Crippen molar-refractivity contribution in [1.82, 2.24) is 14.9 Å². The van der Waals surface area contributed by atoms with Crippen molar-refractivity contribution < 1.29 is 32.7 Å². The molecule has 11 heteroatoms. The van der Waals surface area contributed by atoms with E-state index < -0.39 is 44.7 Å². The molecule has 2 aliphatic rings. The summed E-state index contributed by atoms with van der Waals surface area (Å²) >= 11 is 0. The van der Waals surface area contributed by atoms with Crippen molar-refractivity contribution in [2.45, 2.75) is 36.7 Å². The zero-order chi connectivity index (χ0) is 23.0. The highest BCUT2D eigenvalue weighted by Crippen LogP contribution is 2.46. The molecular weight excluding hydrogens is 429 g/mol. The minimum atomic E-state index is -3.85. The normalized spacial score (nSPS) is 23.7. The number of halogens is 1. The van der Waals surface area contributed by atoms with Crippen LogP contribution in [0.4, 0.5) is 9.18 Å². The molecule has 1 aliphatic carbocycles. The Morgan fingerprint density at radius 2 is 2.16 bits per heavy atom. The maximum absolute atomic E-state index is 13.6. The second kappa shape index (κ2) is 8.00. The van der Waals surface area contributed by atoms with E-state index in [0.717, 1.165) is 6.26 Å². The van der Waals surface area contributed by atoms with Crippen molar-refractivity contribution >= 4 is 21.8 Å². The van der Waals surface area contributed by atoms with Gasteiger partial charge in [-0.1, -0.05) is 11.8 Å². The summed E-state index contributed by atoms with van der Waals surface area (Å²) in [5.74, 6) is 9.01. The van der Waals surface area contributed by atoms with Crippen molar-refractivity contribution in [1.29, 1.82) is 0 Å². The van der Waals surface area contributed by atoms with E-state index in [1.165, 1.54) is 28.1 Å². The molecule has 0 saturated heterocycles. The lowest BCUT2D eigenvalue weighted by Crippen LogP contribution is -2.50. The topological polar surface area (TPSA) is 129 Å². The molecule has 0 bridgehead atoms. The molecule has 2 amide bonds. The fraction of sp³-hybridized carbons (Fsp3) is 0.500. The van der Waals surface area contributed by atoms with Gasteiger partial charge in [-0.3, -0.25) is 14.6 Å². The lowest BCUT2D eigenvalue weighted by Gasteiger charge is -2.27. The highest BCUT2D eigenvalue weighted by atomic mass is 32.2. The zero-order valence-electron chi connectivity index (χ0n) is 17.0. The van der Waals surface area contributed by atoms with Gasteiger partial charge in [0.15, 0.2) is 14.6 Å². The molecule has 1 aromatic rings. The van der Waals surface area contributed by atoms with Crippen LogP contribution in [-0.4, -0.2) is 70.0 Å². The van der Waals surface area contributed by atoms with Gasteiger partial charge in [0.2, 0.25) is 0 Å². The van der Waals surface area contributed by atoms with Gasteiger partial charge in [0.05, 0.1) is 19.1 Å². The van der Waals surface area contributed by atoms with Crippen LogP contribution in [0.2, 0.25) is 0 Å². The lowest BCUT2D eigenvalue weighted by molar-refractivity contribution is -0.131. The molecule has 0 unspecified atom stereocenters. The van der Waals surface area contributed by atoms with E-state index in [0.29, 0.717) is 11.3 Å². The summed E-state index contributed by atoms with van der Waals surface area (Å²) in [5, 5.41) is 17.7. The van der Waals surface area contributed by atoms with E-state index in [-0.39, 0.29) is 25.9 Å². The number of nitrogens with zero attached hydrogens (tertiary/aromatic N) is 2. The van der Waals surface area contributed by atoms with Gasteiger partial charge in [-0.2, -0.15) is 0 Å². The summed E-state index contributed by atoms with van der Waals surface area (Å²) in [6.45, 7) is 0.828. The molecule has 1 saturated carbocycles. The van der Waals surface area contributed by atoms with Crippen LogP contribution in [0.5, 0.6) is 0 Å². The number of hydroxylamine groups is 1. The number of hydrogen-bond acceptors (Lipinski definition) is 6. The fourth-order valence-electron chi connectivity index (χ4n) is 3.26. The minimum Gasteiger partial charge on any atom is -0.393 e. The molecule has 9 nitrogen and oxygen atoms in total. The smallest absolute Gasteiger partial charge is 0.328 e. The molecule has 1 fully saturated rings. The molecule has 1 aromatic heterocycles. The predicted molar refractivity (Wildman–Crippen MR) is 107 cm³/mol. The predicted octanol–water partition coefficient (Wildman–Crippen LogP) is 0.0460. The number of carbonyl (C=O) groups excluding carboxylic acids is 2. The number of fused-ring (bicyclic) bond motifs is 1. The number of aliphatic hydroxyl groups is 1. The second-order valence-electron chi connectivity index (χ2n) is 7.96. The van der Waals surface area contributed by atoms with Crippen LogP contribution in [-0.2, 0) is 21.2 Å². The highest BCUT2D eigenvalue weighted by molar-refractivity contribution is 7.92. The first-order valence-corrected chi connectivity index (χ1v) is 11.3. The number of nitrogens with one attached hydrogen (secondary N) is 1. The molecule has 3 rings (SSSR count). The van der Waals surface area contributed by atoms with Crippen molar-refractivity contribution in [2.24, 2.45) is 5.92 Å². The van der Waals surface area contributed by atoms with Crippen LogP contribution < -0.4 is 5.48 Å². The van der Waals surface area contributed by atoms with Gasteiger partial charge in [-0.15, -0.1) is 0 Å². The van der Waals surface area contributed by atoms with E-state index in [1.807, 2.05) is 0 Å². The van der Waals surface area contributed by atoms with Gasteiger partial charge in [0.1, 0.15) is 5.67 Å². The summed E-state index contributed by atoms with van der Waals surface area (Å²) in [7, 11) is -3.85. The number of hydrogen-bond donors (Lipinski definition) is 3. The first-order chi connectivity index (χ1) is 14.4. The van der Waals surface area contributed by atoms with Crippen LogP contribution >= 0.6 is 0 Å². The maximum Gasteiger partial charge on any atom is 0.328 e. The number of alkyl halides is 1. The molecule has 2 heterocycles. The van der Waals surface area contributed by atoms with Crippen LogP contribution in [0.25, 0.3) is 0 Å². The third-order valence-corrected chi connectivity index (χ3v) is 7.80. The Hall–Kier alpha value is -2.86. The van der Waals surface area contributed by atoms with Crippen molar-refractivity contribution in [3.05, 3.63) is 23.5 Å². The van der Waals surface area contributed by atoms with Gasteiger partial charge in [0, 0.05) is 36.7 Å². The van der Waals surface area contributed by atoms with Crippen LogP contribution in [0.3, 0.4) is 0 Å². The van der Waals surface area contributed by atoms with Crippen LogP contribution in [0.1, 0.15) is 31.0 Å². The van der Waals surface area contributed by atoms with Gasteiger partial charge >= 0.3 is 6.03 Å². The van der Waals surface area contributed by atoms with Gasteiger partial charge in [-0.05, 0) is 31.3 Å². The molecule has 166 valence electrons. The first-order valence-electron chi connectivity index (χ1n) is 9.41. The molecular formula is C20H22FN3O6S. The summed E-state index contributed by atoms with van der Waals surface area (Å²) in [4.78, 5) is 25.9. The molecule has 1 aliphatic heterocycles. The Morgan fingerprint density at radius 3 is 2.71 bits per heavy atom. The molecule has 0 aromatic carbocycles. The van der Waals surface area contributed by atoms with E-state index in [2.05, 4.69) is 23.7 Å². The Labute approximate surface area is 179 Å². The quantitative estimate of drug-likeness (QED) is 0.318. The molecule has 3 N–H and O–H groups in total. The van der Waals surface area contributed by atoms with E-state index in [1.54, 1.807) is 6.07 Å². The number of aliphatic hydroxyl groups excluding tert-OH is 1. The average molecular weight is 451 g/mol. The minimum absolute atomic E-state index is 0.0127. The third kappa shape index (κ3) is 4.30. The number of sulfone groups is 1. The largest absolute Gasteiger partial charge is 0.393 e. The maximum atomic E-state index is 13.6. The molecule has 3 atom stereocenters. The van der Waals surface area contributed by atoms with Crippen LogP contribution in [0.15, 0.2) is 12.3 Å². The Bertz CT molecular complexity index is 1150. The third-order valence-electron chi connectivity index (χ3n) is 5.77. The van der Waals surface area contributed by atoms with Crippen LogP contribution in [0, 0.1) is 29.6 Å². The number of aromatic nitrogens is 1. The number of amides is 2. The molecule has 0 spiro atoms. The van der Waals surface area contributed by atoms with Crippen molar-refractivity contribution in [2.75, 3.05) is 19.4 Å². The second-order valence-corrected chi connectivity index (χ2v) is 10.4. The summed E-state index contributed by atoms with van der Waals surface area (Å²) in [5.41, 5.74) is 0.940. The van der Waals surface area contributed by atoms with Gasteiger partial charge in [-0.25, -0.2) is 23.1 Å². The highest BCUT2D eigenvalue weighted by Gasteiger charge is 2.54. The van der Waals surface area contributed by atoms with Gasteiger partial charge in [0.25, 0.3) is 5.91 Å². The van der Waals surface area contributed by atoms with Gasteiger partial charge < -0.3 is 10.0 Å². The van der Waals surface area contributed by atoms with E-state index in [4.69, 9.17) is 10.3 Å². The van der Waals surface area contributed by atoms with E-state index >= 15 is 0 Å². The Balaban J connectivity index is 1.64. The Kier molecular flexibility index (Phi) is 5.89. The monoisotopic (exact) mass is 451 g/mol. The number of rotatable bonds is 6. The van der Waals surface area contributed by atoms with E-state index in [9.17, 15) is 22.4 Å². The first kappa shape index (κ1) is 22.8. The summed E-state index contributed by atoms with van der Waals surface area (Å²) in [6.07, 6.45) is 2.42. The number of carbonyl (C=O) groups is 2. The fourth-order valence-corrected chi connectivity index (χ4v) is 4.11.